The monoisotopic (exact) mass is 609 g/mol. The van der Waals surface area contributed by atoms with Crippen molar-refractivity contribution < 1.29 is 31.4 Å². The van der Waals surface area contributed by atoms with Crippen LogP contribution < -0.4 is 14.8 Å². The summed E-state index contributed by atoms with van der Waals surface area (Å²) in [5.41, 5.74) is 1.65. The summed E-state index contributed by atoms with van der Waals surface area (Å²) in [6.07, 6.45) is -2.10. The zero-order valence-electron chi connectivity index (χ0n) is 19.3. The van der Waals surface area contributed by atoms with Crippen LogP contribution in [0.25, 0.3) is 11.0 Å². The van der Waals surface area contributed by atoms with Crippen molar-refractivity contribution in [2.45, 2.75) is 56.6 Å². The summed E-state index contributed by atoms with van der Waals surface area (Å²) < 4.78 is 72.1. The van der Waals surface area contributed by atoms with Crippen LogP contribution in [0.15, 0.2) is 42.5 Å². The number of hydrogen-bond acceptors (Lipinski definition) is 4. The predicted octanol–water partition coefficient (Wildman–Crippen LogP) is 8.43. The fourth-order valence-electron chi connectivity index (χ4n) is 5.09. The molecule has 1 fully saturated rings. The number of rotatable bonds is 6. The molecule has 0 spiro atoms. The van der Waals surface area contributed by atoms with E-state index in [4.69, 9.17) is 0 Å². The minimum absolute atomic E-state index is 0.000231. The first kappa shape index (κ1) is 25.8. The van der Waals surface area contributed by atoms with E-state index >= 15 is 0 Å². The number of anilines is 2. The summed E-state index contributed by atoms with van der Waals surface area (Å²) in [6.45, 7) is 6.53. The molecule has 0 aliphatic heterocycles. The van der Waals surface area contributed by atoms with E-state index in [9.17, 15) is 22.0 Å². The molecule has 0 saturated heterocycles. The first-order valence-electron chi connectivity index (χ1n) is 11.1. The molecule has 190 valence electrons. The highest BCUT2D eigenvalue weighted by Gasteiger charge is 2.35. The van der Waals surface area contributed by atoms with E-state index in [1.165, 1.54) is 30.3 Å². The second-order valence-corrected chi connectivity index (χ2v) is 11.0. The second kappa shape index (κ2) is 9.29. The van der Waals surface area contributed by atoms with Crippen LogP contribution in [0.3, 0.4) is 0 Å². The summed E-state index contributed by atoms with van der Waals surface area (Å²) >= 11 is 0.894. The van der Waals surface area contributed by atoms with Gasteiger partial charge in [-0.1, -0.05) is 20.8 Å². The van der Waals surface area contributed by atoms with Crippen molar-refractivity contribution in [2.75, 3.05) is 5.32 Å². The average Bonchev–Trinajstić information content (AvgIpc) is 3.02. The highest BCUT2D eigenvalue weighted by Crippen LogP contribution is 2.46. The van der Waals surface area contributed by atoms with Crippen molar-refractivity contribution in [3.8, 4) is 11.5 Å². The Balaban J connectivity index is 1.73. The first-order valence-corrected chi connectivity index (χ1v) is 12.2. The number of fused-ring (bicyclic) bond motifs is 1. The number of imidazole rings is 1. The third-order valence-corrected chi connectivity index (χ3v) is 6.19. The van der Waals surface area contributed by atoms with Crippen LogP contribution in [-0.2, 0) is 0 Å². The van der Waals surface area contributed by atoms with E-state index in [2.05, 4.69) is 40.5 Å². The van der Waals surface area contributed by atoms with E-state index < -0.39 is 10.5 Å². The summed E-state index contributed by atoms with van der Waals surface area (Å²) in [5, 5.41) is 3.20. The lowest BCUT2D eigenvalue weighted by Crippen LogP contribution is -2.29. The molecule has 0 bridgehead atoms. The Kier molecular flexibility index (Phi) is 6.84. The first-order chi connectivity index (χ1) is 16.2. The molecule has 1 aromatic heterocycles. The molecule has 1 heterocycles. The Bertz CT molecular complexity index is 1190. The molecule has 2 aromatic carbocycles. The molecule has 0 amide bonds. The molecule has 0 unspecified atom stereocenters. The molecule has 5 nitrogen and oxygen atoms in total. The Labute approximate surface area is 213 Å². The van der Waals surface area contributed by atoms with Gasteiger partial charge in [0, 0.05) is 17.8 Å². The highest BCUT2D eigenvalue weighted by atomic mass is 127. The fourth-order valence-corrected chi connectivity index (χ4v) is 5.34. The third kappa shape index (κ3) is 6.68. The standard InChI is InChI=1S/C24H25F5IN3O2/c1-14-10-16(13-22(2,3)12-14)33-20-11-18(34-23(25,26)27)8-9-19(20)32-21(33)31-15-4-6-17(7-5-15)35-24(28,29)30/h4-9,11,14,16H,10,12-13H2,1-3H3,(H,31,32)/t14-,16+/m1/s1. The molecule has 3 aromatic rings. The lowest BCUT2D eigenvalue weighted by Gasteiger charge is -2.40. The maximum Gasteiger partial charge on any atom is 0.573 e. The van der Waals surface area contributed by atoms with Gasteiger partial charge in [-0.2, -0.15) is 8.78 Å². The van der Waals surface area contributed by atoms with Gasteiger partial charge in [0.25, 0.3) is 0 Å². The predicted molar refractivity (Wildman–Crippen MR) is 132 cm³/mol. The van der Waals surface area contributed by atoms with Gasteiger partial charge in [-0.05, 0) is 67.0 Å². The summed E-state index contributed by atoms with van der Waals surface area (Å²) in [6, 6.07) is 10.0. The van der Waals surface area contributed by atoms with Crippen LogP contribution in [0.5, 0.6) is 11.5 Å². The minimum atomic E-state index is -4.81. The molecular formula is C24H25F5IN3O2. The van der Waals surface area contributed by atoms with Gasteiger partial charge in [0.2, 0.25) is 5.95 Å². The third-order valence-electron chi connectivity index (χ3n) is 5.97. The van der Waals surface area contributed by atoms with E-state index in [0.29, 0.717) is 28.6 Å². The summed E-state index contributed by atoms with van der Waals surface area (Å²) in [4.78, 5) is 4.64. The normalized spacial score (nSPS) is 20.6. The fraction of sp³-hybridized carbons (Fsp3) is 0.458. The number of aromatic nitrogens is 2. The van der Waals surface area contributed by atoms with Crippen LogP contribution in [0, 0.1) is 11.3 Å². The molecule has 35 heavy (non-hydrogen) atoms. The molecule has 2 atom stereocenters. The van der Waals surface area contributed by atoms with E-state index in [-0.39, 0.29) is 23.0 Å². The summed E-state index contributed by atoms with van der Waals surface area (Å²) in [7, 11) is 0. The zero-order chi connectivity index (χ0) is 25.6. The average molecular weight is 609 g/mol. The van der Waals surface area contributed by atoms with Gasteiger partial charge in [0.15, 0.2) is 0 Å². The van der Waals surface area contributed by atoms with Crippen molar-refractivity contribution >= 4 is 45.3 Å². The van der Waals surface area contributed by atoms with E-state index in [0.717, 1.165) is 41.9 Å². The number of ether oxygens (including phenoxy) is 2. The van der Waals surface area contributed by atoms with Crippen molar-refractivity contribution in [2.24, 2.45) is 11.3 Å². The van der Waals surface area contributed by atoms with Gasteiger partial charge in [-0.25, -0.2) is 4.98 Å². The highest BCUT2D eigenvalue weighted by molar-refractivity contribution is 14.1. The van der Waals surface area contributed by atoms with Gasteiger partial charge < -0.3 is 19.4 Å². The zero-order valence-corrected chi connectivity index (χ0v) is 21.5. The van der Waals surface area contributed by atoms with Crippen LogP contribution in [0.1, 0.15) is 46.1 Å². The largest absolute Gasteiger partial charge is 0.573 e. The number of halogens is 6. The molecule has 4 rings (SSSR count). The van der Waals surface area contributed by atoms with E-state index in [1.54, 1.807) is 12.1 Å². The SMILES string of the molecule is C[C@@H]1C[C@H](n2c(Nc3ccc(OC(F)(F)I)cc3)nc3ccc(OC(F)(F)F)cc32)CC(C)(C)C1. The molecule has 0 radical (unpaired) electrons. The van der Waals surface area contributed by atoms with Gasteiger partial charge in [0.1, 0.15) is 11.5 Å². The van der Waals surface area contributed by atoms with Crippen molar-refractivity contribution in [1.29, 1.82) is 0 Å². The lowest BCUT2D eigenvalue weighted by molar-refractivity contribution is -0.274. The van der Waals surface area contributed by atoms with Gasteiger partial charge >= 0.3 is 10.5 Å². The number of benzene rings is 2. The minimum Gasteiger partial charge on any atom is -0.425 e. The van der Waals surface area contributed by atoms with Crippen LogP contribution in [0.4, 0.5) is 33.6 Å². The molecule has 1 aliphatic rings. The quantitative estimate of drug-likeness (QED) is 0.173. The molecule has 1 aliphatic carbocycles. The van der Waals surface area contributed by atoms with Crippen LogP contribution in [0.2, 0.25) is 0 Å². The van der Waals surface area contributed by atoms with E-state index in [1.807, 2.05) is 4.57 Å². The van der Waals surface area contributed by atoms with Crippen molar-refractivity contribution in [1.82, 2.24) is 9.55 Å². The number of nitrogens with one attached hydrogen (secondary N) is 1. The van der Waals surface area contributed by atoms with Gasteiger partial charge in [-0.15, -0.1) is 13.2 Å². The Hall–Kier alpha value is -2.31. The van der Waals surface area contributed by atoms with Crippen LogP contribution in [-0.4, -0.2) is 20.0 Å². The molecule has 11 heteroatoms. The summed E-state index contributed by atoms with van der Waals surface area (Å²) in [5.74, 6) is 0.546. The smallest absolute Gasteiger partial charge is 0.425 e. The molecule has 1 N–H and O–H groups in total. The maximum atomic E-state index is 13.1. The molecular weight excluding hydrogens is 584 g/mol. The second-order valence-electron chi connectivity index (χ2n) is 9.77. The van der Waals surface area contributed by atoms with Crippen molar-refractivity contribution in [3.05, 3.63) is 42.5 Å². The van der Waals surface area contributed by atoms with Gasteiger partial charge in [0.05, 0.1) is 33.6 Å². The van der Waals surface area contributed by atoms with Crippen molar-refractivity contribution in [3.63, 3.8) is 0 Å². The van der Waals surface area contributed by atoms with Gasteiger partial charge in [-0.3, -0.25) is 0 Å². The Morgan fingerprint density at radius 3 is 2.26 bits per heavy atom. The Morgan fingerprint density at radius 1 is 1.00 bits per heavy atom. The topological polar surface area (TPSA) is 48.3 Å². The number of alkyl halides is 6. The number of hydrogen-bond donors (Lipinski definition) is 1. The lowest BCUT2D eigenvalue weighted by atomic mass is 9.70. The number of nitrogens with zero attached hydrogens (tertiary/aromatic N) is 2. The van der Waals surface area contributed by atoms with Crippen LogP contribution >= 0.6 is 22.6 Å². The maximum absolute atomic E-state index is 13.1. The Morgan fingerprint density at radius 2 is 1.66 bits per heavy atom. The molecule has 1 saturated carbocycles.